The second-order valence-electron chi connectivity index (χ2n) is 5.20. The van der Waals surface area contributed by atoms with Crippen molar-refractivity contribution in [3.63, 3.8) is 0 Å². The highest BCUT2D eigenvalue weighted by atomic mass is 35.5. The molecule has 116 valence electrons. The van der Waals surface area contributed by atoms with Crippen LogP contribution < -0.4 is 11.1 Å². The molecule has 2 amide bonds. The number of halogens is 1. The fourth-order valence-electron chi connectivity index (χ4n) is 2.34. The van der Waals surface area contributed by atoms with E-state index in [1.54, 1.807) is 11.8 Å². The molecule has 1 aliphatic heterocycles. The number of nitrogens with one attached hydrogen (secondary N) is 1. The Labute approximate surface area is 131 Å². The number of carbonyl (C=O) groups excluding carboxylic acids is 2. The van der Waals surface area contributed by atoms with Crippen LogP contribution in [0.2, 0.25) is 0 Å². The summed E-state index contributed by atoms with van der Waals surface area (Å²) in [5.74, 6) is -0.0496. The molecule has 0 radical (unpaired) electrons. The van der Waals surface area contributed by atoms with E-state index >= 15 is 0 Å². The number of hydrogen-bond donors (Lipinski definition) is 2. The van der Waals surface area contributed by atoms with Crippen LogP contribution in [0.4, 0.5) is 0 Å². The van der Waals surface area contributed by atoms with Crippen molar-refractivity contribution in [2.75, 3.05) is 13.1 Å². The number of nitrogens with two attached hydrogens (primary N) is 1. The zero-order chi connectivity index (χ0) is 14.5. The van der Waals surface area contributed by atoms with Crippen LogP contribution in [0.25, 0.3) is 0 Å². The number of amides is 2. The lowest BCUT2D eigenvalue weighted by Gasteiger charge is -2.25. The molecule has 0 bridgehead atoms. The predicted molar refractivity (Wildman–Crippen MR) is 84.0 cm³/mol. The first-order valence-electron chi connectivity index (χ1n) is 6.96. The van der Waals surface area contributed by atoms with Crippen molar-refractivity contribution in [1.82, 2.24) is 10.2 Å². The molecular formula is C15H22ClN3O2. The van der Waals surface area contributed by atoms with E-state index in [0.29, 0.717) is 13.0 Å². The average Bonchev–Trinajstić information content (AvgIpc) is 2.84. The molecule has 21 heavy (non-hydrogen) atoms. The summed E-state index contributed by atoms with van der Waals surface area (Å²) >= 11 is 0. The summed E-state index contributed by atoms with van der Waals surface area (Å²) < 4.78 is 0. The first kappa shape index (κ1) is 17.5. The maximum absolute atomic E-state index is 11.8. The molecule has 2 rings (SSSR count). The molecule has 1 fully saturated rings. The van der Waals surface area contributed by atoms with Gasteiger partial charge in [0, 0.05) is 19.5 Å². The van der Waals surface area contributed by atoms with E-state index in [2.05, 4.69) is 5.32 Å². The molecular weight excluding hydrogens is 290 g/mol. The highest BCUT2D eigenvalue weighted by molar-refractivity contribution is 5.85. The first-order chi connectivity index (χ1) is 9.58. The fraction of sp³-hybridized carbons (Fsp3) is 0.467. The number of nitrogens with zero attached hydrogens (tertiary/aromatic N) is 1. The normalized spacial score (nSPS) is 17.0. The number of benzene rings is 1. The van der Waals surface area contributed by atoms with Gasteiger partial charge in [-0.25, -0.2) is 0 Å². The third-order valence-electron chi connectivity index (χ3n) is 3.51. The van der Waals surface area contributed by atoms with E-state index in [1.807, 2.05) is 30.3 Å². The van der Waals surface area contributed by atoms with Crippen molar-refractivity contribution >= 4 is 24.2 Å². The predicted octanol–water partition coefficient (Wildman–Crippen LogP) is 1.24. The standard InChI is InChI=1S/C15H21N3O2.ClH/c1-11(16)15(20)17-13(12-6-3-2-4-7-12)10-18-9-5-8-14(18)19;/h2-4,6-7,11,13H,5,8-10,16H2,1H3,(H,17,20);1H/t11-,13?;/m1./s1. The van der Waals surface area contributed by atoms with E-state index < -0.39 is 6.04 Å². The lowest BCUT2D eigenvalue weighted by atomic mass is 10.1. The molecule has 0 saturated carbocycles. The van der Waals surface area contributed by atoms with Crippen molar-refractivity contribution in [1.29, 1.82) is 0 Å². The van der Waals surface area contributed by atoms with Crippen LogP contribution in [0.5, 0.6) is 0 Å². The molecule has 1 saturated heterocycles. The summed E-state index contributed by atoms with van der Waals surface area (Å²) in [6, 6.07) is 8.90. The maximum Gasteiger partial charge on any atom is 0.237 e. The molecule has 0 spiro atoms. The van der Waals surface area contributed by atoms with E-state index in [9.17, 15) is 9.59 Å². The molecule has 0 aliphatic carbocycles. The van der Waals surface area contributed by atoms with Crippen LogP contribution in [0.1, 0.15) is 31.4 Å². The summed E-state index contributed by atoms with van der Waals surface area (Å²) in [7, 11) is 0. The topological polar surface area (TPSA) is 75.4 Å². The summed E-state index contributed by atoms with van der Waals surface area (Å²) in [5.41, 5.74) is 6.59. The Morgan fingerprint density at radius 1 is 1.38 bits per heavy atom. The van der Waals surface area contributed by atoms with Crippen molar-refractivity contribution in [3.05, 3.63) is 35.9 Å². The Morgan fingerprint density at radius 2 is 2.05 bits per heavy atom. The molecule has 1 aromatic rings. The van der Waals surface area contributed by atoms with Gasteiger partial charge in [0.2, 0.25) is 11.8 Å². The summed E-state index contributed by atoms with van der Waals surface area (Å²) in [6.45, 7) is 2.91. The zero-order valence-corrected chi connectivity index (χ0v) is 12.9. The van der Waals surface area contributed by atoms with Gasteiger partial charge in [0.15, 0.2) is 0 Å². The van der Waals surface area contributed by atoms with Gasteiger partial charge in [-0.1, -0.05) is 30.3 Å². The summed E-state index contributed by atoms with van der Waals surface area (Å²) in [4.78, 5) is 25.4. The van der Waals surface area contributed by atoms with Crippen LogP contribution in [0, 0.1) is 0 Å². The highest BCUT2D eigenvalue weighted by Gasteiger charge is 2.25. The van der Waals surface area contributed by atoms with Crippen LogP contribution >= 0.6 is 12.4 Å². The second-order valence-corrected chi connectivity index (χ2v) is 5.20. The minimum absolute atomic E-state index is 0. The van der Waals surface area contributed by atoms with E-state index in [4.69, 9.17) is 5.73 Å². The molecule has 1 unspecified atom stereocenters. The lowest BCUT2D eigenvalue weighted by molar-refractivity contribution is -0.129. The molecule has 1 aromatic carbocycles. The minimum Gasteiger partial charge on any atom is -0.346 e. The molecule has 1 heterocycles. The van der Waals surface area contributed by atoms with Gasteiger partial charge < -0.3 is 16.0 Å². The van der Waals surface area contributed by atoms with Gasteiger partial charge in [0.05, 0.1) is 12.1 Å². The number of rotatable bonds is 5. The smallest absolute Gasteiger partial charge is 0.237 e. The number of carbonyl (C=O) groups is 2. The quantitative estimate of drug-likeness (QED) is 0.859. The molecule has 2 atom stereocenters. The molecule has 1 aliphatic rings. The van der Waals surface area contributed by atoms with Crippen LogP contribution in [-0.2, 0) is 9.59 Å². The van der Waals surface area contributed by atoms with Gasteiger partial charge in [-0.15, -0.1) is 12.4 Å². The van der Waals surface area contributed by atoms with Gasteiger partial charge in [-0.05, 0) is 18.9 Å². The van der Waals surface area contributed by atoms with Crippen LogP contribution in [-0.4, -0.2) is 35.8 Å². The molecule has 0 aromatic heterocycles. The first-order valence-corrected chi connectivity index (χ1v) is 6.96. The molecule has 3 N–H and O–H groups in total. The van der Waals surface area contributed by atoms with E-state index in [1.165, 1.54) is 0 Å². The number of hydrogen-bond acceptors (Lipinski definition) is 3. The zero-order valence-electron chi connectivity index (χ0n) is 12.1. The van der Waals surface area contributed by atoms with Crippen LogP contribution in [0.15, 0.2) is 30.3 Å². The van der Waals surface area contributed by atoms with Gasteiger partial charge in [0.1, 0.15) is 0 Å². The van der Waals surface area contributed by atoms with E-state index in [0.717, 1.165) is 18.5 Å². The Balaban J connectivity index is 0.00000220. The Bertz CT molecular complexity index is 479. The van der Waals surface area contributed by atoms with Gasteiger partial charge in [0.25, 0.3) is 0 Å². The largest absolute Gasteiger partial charge is 0.346 e. The van der Waals surface area contributed by atoms with Crippen molar-refractivity contribution < 1.29 is 9.59 Å². The van der Waals surface area contributed by atoms with Crippen molar-refractivity contribution in [3.8, 4) is 0 Å². The van der Waals surface area contributed by atoms with Crippen molar-refractivity contribution in [2.24, 2.45) is 5.73 Å². The second kappa shape index (κ2) is 8.00. The third kappa shape index (κ3) is 4.72. The average molecular weight is 312 g/mol. The van der Waals surface area contributed by atoms with Crippen LogP contribution in [0.3, 0.4) is 0 Å². The Kier molecular flexibility index (Phi) is 6.65. The van der Waals surface area contributed by atoms with E-state index in [-0.39, 0.29) is 30.3 Å². The Morgan fingerprint density at radius 3 is 2.57 bits per heavy atom. The minimum atomic E-state index is -0.560. The summed E-state index contributed by atoms with van der Waals surface area (Å²) in [6.07, 6.45) is 1.49. The number of likely N-dealkylation sites (tertiary alicyclic amines) is 1. The maximum atomic E-state index is 11.8. The Hall–Kier alpha value is -1.59. The van der Waals surface area contributed by atoms with Crippen molar-refractivity contribution in [2.45, 2.75) is 31.8 Å². The third-order valence-corrected chi connectivity index (χ3v) is 3.51. The van der Waals surface area contributed by atoms with Gasteiger partial charge in [-0.2, -0.15) is 0 Å². The SMILES string of the molecule is C[C@@H](N)C(=O)NC(CN1CCCC1=O)c1ccccc1.Cl. The monoisotopic (exact) mass is 311 g/mol. The van der Waals surface area contributed by atoms with Gasteiger partial charge >= 0.3 is 0 Å². The fourth-order valence-corrected chi connectivity index (χ4v) is 2.34. The summed E-state index contributed by atoms with van der Waals surface area (Å²) in [5, 5.41) is 2.92. The molecule has 6 heteroatoms. The highest BCUT2D eigenvalue weighted by Crippen LogP contribution is 2.18. The lowest BCUT2D eigenvalue weighted by Crippen LogP contribution is -2.44. The van der Waals surface area contributed by atoms with Gasteiger partial charge in [-0.3, -0.25) is 9.59 Å². The molecule has 5 nitrogen and oxygen atoms in total.